The molecule has 0 aliphatic carbocycles. The zero-order valence-corrected chi connectivity index (χ0v) is 14.1. The molecule has 0 saturated carbocycles. The fraction of sp³-hybridized carbons (Fsp3) is 0.200. The van der Waals surface area contributed by atoms with Gasteiger partial charge in [-0.1, -0.05) is 44.0 Å². The second kappa shape index (κ2) is 7.87. The smallest absolute Gasteiger partial charge is 0.387 e. The molecule has 2 aromatic carbocycles. The lowest BCUT2D eigenvalue weighted by molar-refractivity contribution is -0.0505. The summed E-state index contributed by atoms with van der Waals surface area (Å²) in [5.74, 6) is 0.191. The van der Waals surface area contributed by atoms with E-state index in [2.05, 4.69) is 41.9 Å². The van der Waals surface area contributed by atoms with Gasteiger partial charge < -0.3 is 10.1 Å². The molecule has 0 aromatic heterocycles. The van der Waals surface area contributed by atoms with Crippen molar-refractivity contribution >= 4 is 31.9 Å². The molecule has 0 bridgehead atoms. The van der Waals surface area contributed by atoms with Crippen molar-refractivity contribution in [2.45, 2.75) is 19.7 Å². The van der Waals surface area contributed by atoms with Gasteiger partial charge in [0.15, 0.2) is 0 Å². The van der Waals surface area contributed by atoms with Crippen LogP contribution in [0.4, 0.5) is 8.78 Å². The lowest BCUT2D eigenvalue weighted by Crippen LogP contribution is -2.14. The van der Waals surface area contributed by atoms with E-state index >= 15 is 0 Å². The second-order valence-electron chi connectivity index (χ2n) is 4.36. The van der Waals surface area contributed by atoms with Crippen molar-refractivity contribution in [1.82, 2.24) is 5.32 Å². The molecular formula is C15H13Br2F2NO. The Bertz CT molecular complexity index is 591. The van der Waals surface area contributed by atoms with Gasteiger partial charge in [-0.05, 0) is 35.9 Å². The lowest BCUT2D eigenvalue weighted by Gasteiger charge is -2.12. The molecule has 0 atom stereocenters. The van der Waals surface area contributed by atoms with Crippen LogP contribution >= 0.6 is 31.9 Å². The number of nitrogens with one attached hydrogen (secondary N) is 1. The number of halogens is 4. The molecule has 0 amide bonds. The SMILES string of the molecule is FC(F)Oc1ccc(Br)cc1CNCc1ccc(Br)cc1. The number of hydrogen-bond acceptors (Lipinski definition) is 2. The van der Waals surface area contributed by atoms with Gasteiger partial charge in [-0.25, -0.2) is 0 Å². The Balaban J connectivity index is 1.98. The zero-order valence-electron chi connectivity index (χ0n) is 11.0. The van der Waals surface area contributed by atoms with Crippen molar-refractivity contribution in [2.75, 3.05) is 0 Å². The minimum Gasteiger partial charge on any atom is -0.434 e. The van der Waals surface area contributed by atoms with Gasteiger partial charge in [0, 0.05) is 27.6 Å². The average Bonchev–Trinajstić information content (AvgIpc) is 2.43. The van der Waals surface area contributed by atoms with E-state index in [1.807, 2.05) is 24.3 Å². The summed E-state index contributed by atoms with van der Waals surface area (Å²) in [6.45, 7) is -1.73. The monoisotopic (exact) mass is 419 g/mol. The van der Waals surface area contributed by atoms with Gasteiger partial charge in [-0.2, -0.15) is 8.78 Å². The molecule has 1 N–H and O–H groups in total. The Morgan fingerprint density at radius 1 is 0.952 bits per heavy atom. The first-order valence-corrected chi connectivity index (χ1v) is 7.81. The largest absolute Gasteiger partial charge is 0.434 e. The molecule has 0 heterocycles. The Kier molecular flexibility index (Phi) is 6.14. The summed E-state index contributed by atoms with van der Waals surface area (Å²) in [6.07, 6.45) is 0. The molecule has 2 rings (SSSR count). The van der Waals surface area contributed by atoms with E-state index in [1.54, 1.807) is 12.1 Å². The Hall–Kier alpha value is -0.980. The molecule has 0 unspecified atom stereocenters. The highest BCUT2D eigenvalue weighted by atomic mass is 79.9. The number of benzene rings is 2. The van der Waals surface area contributed by atoms with Gasteiger partial charge in [-0.3, -0.25) is 0 Å². The maximum atomic E-state index is 12.4. The van der Waals surface area contributed by atoms with Crippen LogP contribution in [0.15, 0.2) is 51.4 Å². The van der Waals surface area contributed by atoms with Gasteiger partial charge in [0.1, 0.15) is 5.75 Å². The van der Waals surface area contributed by atoms with Crippen molar-refractivity contribution in [3.63, 3.8) is 0 Å². The van der Waals surface area contributed by atoms with E-state index < -0.39 is 6.61 Å². The molecule has 0 saturated heterocycles. The van der Waals surface area contributed by atoms with Crippen molar-refractivity contribution in [3.05, 3.63) is 62.5 Å². The molecule has 21 heavy (non-hydrogen) atoms. The Labute approximate surface area is 138 Å². The van der Waals surface area contributed by atoms with Crippen LogP contribution < -0.4 is 10.1 Å². The molecule has 0 spiro atoms. The highest BCUT2D eigenvalue weighted by Gasteiger charge is 2.10. The third-order valence-corrected chi connectivity index (χ3v) is 3.82. The third-order valence-electron chi connectivity index (χ3n) is 2.80. The molecule has 6 heteroatoms. The van der Waals surface area contributed by atoms with E-state index in [9.17, 15) is 8.78 Å². The first-order valence-electron chi connectivity index (χ1n) is 6.23. The lowest BCUT2D eigenvalue weighted by atomic mass is 10.2. The van der Waals surface area contributed by atoms with Gasteiger partial charge in [0.2, 0.25) is 0 Å². The molecule has 0 aliphatic rings. The summed E-state index contributed by atoms with van der Waals surface area (Å²) < 4.78 is 31.1. The maximum absolute atomic E-state index is 12.4. The molecule has 112 valence electrons. The normalized spacial score (nSPS) is 10.9. The summed E-state index contributed by atoms with van der Waals surface area (Å²) in [4.78, 5) is 0. The minimum atomic E-state index is -2.82. The van der Waals surface area contributed by atoms with Crippen molar-refractivity contribution in [3.8, 4) is 5.75 Å². The van der Waals surface area contributed by atoms with Gasteiger partial charge >= 0.3 is 6.61 Å². The summed E-state index contributed by atoms with van der Waals surface area (Å²) >= 11 is 6.71. The first-order chi connectivity index (χ1) is 10.0. The maximum Gasteiger partial charge on any atom is 0.387 e. The number of ether oxygens (including phenoxy) is 1. The number of hydrogen-bond donors (Lipinski definition) is 1. The molecule has 2 nitrogen and oxygen atoms in total. The molecular weight excluding hydrogens is 408 g/mol. The van der Waals surface area contributed by atoms with Gasteiger partial charge in [0.25, 0.3) is 0 Å². The van der Waals surface area contributed by atoms with Gasteiger partial charge in [-0.15, -0.1) is 0 Å². The number of alkyl halides is 2. The van der Waals surface area contributed by atoms with Crippen LogP contribution in [-0.4, -0.2) is 6.61 Å². The van der Waals surface area contributed by atoms with E-state index in [0.717, 1.165) is 14.5 Å². The zero-order chi connectivity index (χ0) is 15.2. The minimum absolute atomic E-state index is 0.191. The van der Waals surface area contributed by atoms with Crippen LogP contribution in [0.1, 0.15) is 11.1 Å². The second-order valence-corrected chi connectivity index (χ2v) is 6.19. The van der Waals surface area contributed by atoms with E-state index in [0.29, 0.717) is 18.7 Å². The fourth-order valence-electron chi connectivity index (χ4n) is 1.84. The average molecular weight is 421 g/mol. The highest BCUT2D eigenvalue weighted by molar-refractivity contribution is 9.10. The van der Waals surface area contributed by atoms with Crippen LogP contribution in [-0.2, 0) is 13.1 Å². The molecule has 0 fully saturated rings. The summed E-state index contributed by atoms with van der Waals surface area (Å²) in [5.41, 5.74) is 1.80. The van der Waals surface area contributed by atoms with Crippen molar-refractivity contribution in [2.24, 2.45) is 0 Å². The fourth-order valence-corrected chi connectivity index (χ4v) is 2.51. The van der Waals surface area contributed by atoms with Crippen LogP contribution in [0.2, 0.25) is 0 Å². The standard InChI is InChI=1S/C15H13Br2F2NO/c16-12-3-1-10(2-4-12)8-20-9-11-7-13(17)5-6-14(11)21-15(18)19/h1-7,15,20H,8-9H2. The summed E-state index contributed by atoms with van der Waals surface area (Å²) in [5, 5.41) is 3.22. The Morgan fingerprint density at radius 3 is 2.29 bits per heavy atom. The Morgan fingerprint density at radius 2 is 1.62 bits per heavy atom. The van der Waals surface area contributed by atoms with E-state index in [1.165, 1.54) is 6.07 Å². The quantitative estimate of drug-likeness (QED) is 0.701. The number of rotatable bonds is 6. The van der Waals surface area contributed by atoms with Crippen molar-refractivity contribution in [1.29, 1.82) is 0 Å². The highest BCUT2D eigenvalue weighted by Crippen LogP contribution is 2.24. The predicted molar refractivity (Wildman–Crippen MR) is 85.5 cm³/mol. The van der Waals surface area contributed by atoms with Crippen LogP contribution in [0, 0.1) is 0 Å². The van der Waals surface area contributed by atoms with Crippen LogP contribution in [0.25, 0.3) is 0 Å². The molecule has 0 aliphatic heterocycles. The van der Waals surface area contributed by atoms with E-state index in [-0.39, 0.29) is 5.75 Å². The van der Waals surface area contributed by atoms with Crippen LogP contribution in [0.5, 0.6) is 5.75 Å². The van der Waals surface area contributed by atoms with Crippen LogP contribution in [0.3, 0.4) is 0 Å². The summed E-state index contributed by atoms with van der Waals surface area (Å²) in [7, 11) is 0. The van der Waals surface area contributed by atoms with Gasteiger partial charge in [0.05, 0.1) is 0 Å². The molecule has 0 radical (unpaired) electrons. The van der Waals surface area contributed by atoms with E-state index in [4.69, 9.17) is 0 Å². The topological polar surface area (TPSA) is 21.3 Å². The first kappa shape index (κ1) is 16.4. The molecule has 2 aromatic rings. The predicted octanol–water partition coefficient (Wildman–Crippen LogP) is 5.10. The van der Waals surface area contributed by atoms with Crippen molar-refractivity contribution < 1.29 is 13.5 Å². The summed E-state index contributed by atoms with van der Waals surface area (Å²) in [6, 6.07) is 12.9. The third kappa shape index (κ3) is 5.37.